The number of hydrogen-bond acceptors (Lipinski definition) is 5. The first kappa shape index (κ1) is 30.5. The van der Waals surface area contributed by atoms with E-state index in [1.807, 2.05) is 43.3 Å². The van der Waals surface area contributed by atoms with E-state index in [-0.39, 0.29) is 17.4 Å². The van der Waals surface area contributed by atoms with E-state index in [9.17, 15) is 14.4 Å². The second kappa shape index (κ2) is 14.0. The molecule has 0 atom stereocenters. The van der Waals surface area contributed by atoms with Gasteiger partial charge in [-0.25, -0.2) is 0 Å². The largest absolute Gasteiger partial charge is 0.495 e. The summed E-state index contributed by atoms with van der Waals surface area (Å²) in [6, 6.07) is 27.0. The molecule has 1 heterocycles. The Hall–Kier alpha value is -4.99. The Bertz CT molecular complexity index is 1870. The van der Waals surface area contributed by atoms with Crippen LogP contribution in [-0.4, -0.2) is 35.6 Å². The number of ether oxygens (including phenoxy) is 1. The summed E-state index contributed by atoms with van der Waals surface area (Å²) in [4.78, 5) is 43.2. The summed E-state index contributed by atoms with van der Waals surface area (Å²) in [7, 11) is 1.51. The summed E-state index contributed by atoms with van der Waals surface area (Å²) in [5.41, 5.74) is 4.02. The number of aromatic nitrogens is 1. The number of nitrogens with one attached hydrogen (secondary N) is 4. The first-order chi connectivity index (χ1) is 21.3. The van der Waals surface area contributed by atoms with Crippen molar-refractivity contribution < 1.29 is 19.1 Å². The van der Waals surface area contributed by atoms with Crippen molar-refractivity contribution in [2.45, 2.75) is 11.8 Å². The topological polar surface area (TPSA) is 112 Å². The van der Waals surface area contributed by atoms with Crippen LogP contribution in [0.4, 0.5) is 11.4 Å². The van der Waals surface area contributed by atoms with Crippen LogP contribution in [0.3, 0.4) is 0 Å². The summed E-state index contributed by atoms with van der Waals surface area (Å²) in [6.07, 6.45) is 3.43. The molecule has 0 spiro atoms. The number of aryl methyl sites for hydroxylation is 1. The summed E-state index contributed by atoms with van der Waals surface area (Å²) in [5.74, 6) is -0.531. The number of amides is 3. The number of halogens is 1. The molecule has 44 heavy (non-hydrogen) atoms. The highest BCUT2D eigenvalue weighted by Gasteiger charge is 2.17. The fourth-order valence-corrected chi connectivity index (χ4v) is 5.35. The number of para-hydroxylation sites is 1. The van der Waals surface area contributed by atoms with Gasteiger partial charge in [-0.15, -0.1) is 11.8 Å². The number of aromatic amines is 1. The summed E-state index contributed by atoms with van der Waals surface area (Å²) < 4.78 is 5.34. The zero-order valence-electron chi connectivity index (χ0n) is 23.9. The van der Waals surface area contributed by atoms with Crippen LogP contribution in [0.1, 0.15) is 21.5 Å². The number of carbonyl (C=O) groups excluding carboxylic acids is 3. The van der Waals surface area contributed by atoms with E-state index < -0.39 is 11.8 Å². The molecule has 1 aromatic heterocycles. The number of methoxy groups -OCH3 is 1. The lowest BCUT2D eigenvalue weighted by Gasteiger charge is -2.13. The highest BCUT2D eigenvalue weighted by Crippen LogP contribution is 2.31. The SMILES string of the molecule is COc1cc(Cl)c(C)cc1NC(=O)CSc1cccc(NC(=O)/C(=C/c2c[nH]c3ccccc23)NC(=O)c2ccccc2)c1. The van der Waals surface area contributed by atoms with Crippen molar-refractivity contribution in [2.75, 3.05) is 23.5 Å². The fourth-order valence-electron chi connectivity index (χ4n) is 4.44. The third-order valence-electron chi connectivity index (χ3n) is 6.67. The molecule has 5 rings (SSSR count). The van der Waals surface area contributed by atoms with E-state index in [0.717, 1.165) is 26.9 Å². The van der Waals surface area contributed by atoms with Gasteiger partial charge >= 0.3 is 0 Å². The van der Waals surface area contributed by atoms with Crippen molar-refractivity contribution in [1.29, 1.82) is 0 Å². The van der Waals surface area contributed by atoms with E-state index in [0.29, 0.717) is 27.7 Å². The number of benzene rings is 4. The average molecular weight is 625 g/mol. The molecular formula is C34H29ClN4O4S. The van der Waals surface area contributed by atoms with Gasteiger partial charge in [-0.3, -0.25) is 14.4 Å². The van der Waals surface area contributed by atoms with Crippen LogP contribution < -0.4 is 20.7 Å². The van der Waals surface area contributed by atoms with Crippen molar-refractivity contribution in [3.05, 3.63) is 125 Å². The zero-order valence-corrected chi connectivity index (χ0v) is 25.5. The van der Waals surface area contributed by atoms with Crippen molar-refractivity contribution in [1.82, 2.24) is 10.3 Å². The first-order valence-electron chi connectivity index (χ1n) is 13.6. The first-order valence-corrected chi connectivity index (χ1v) is 15.0. The Balaban J connectivity index is 1.30. The van der Waals surface area contributed by atoms with Crippen LogP contribution in [0, 0.1) is 6.92 Å². The molecule has 3 amide bonds. The molecule has 4 N–H and O–H groups in total. The molecule has 0 aliphatic carbocycles. The quantitative estimate of drug-likeness (QED) is 0.0964. The molecule has 0 fully saturated rings. The summed E-state index contributed by atoms with van der Waals surface area (Å²) in [6.45, 7) is 1.85. The van der Waals surface area contributed by atoms with Gasteiger partial charge in [-0.05, 0) is 61.0 Å². The lowest BCUT2D eigenvalue weighted by Crippen LogP contribution is -2.30. The Morgan fingerprint density at radius 1 is 0.932 bits per heavy atom. The monoisotopic (exact) mass is 624 g/mol. The van der Waals surface area contributed by atoms with Gasteiger partial charge in [0.1, 0.15) is 11.4 Å². The predicted molar refractivity (Wildman–Crippen MR) is 177 cm³/mol. The van der Waals surface area contributed by atoms with E-state index in [4.69, 9.17) is 16.3 Å². The van der Waals surface area contributed by atoms with Crippen LogP contribution in [-0.2, 0) is 9.59 Å². The Morgan fingerprint density at radius 3 is 2.50 bits per heavy atom. The molecular weight excluding hydrogens is 596 g/mol. The van der Waals surface area contributed by atoms with Crippen LogP contribution in [0.5, 0.6) is 5.75 Å². The lowest BCUT2D eigenvalue weighted by atomic mass is 10.1. The number of H-pyrrole nitrogens is 1. The maximum Gasteiger partial charge on any atom is 0.272 e. The molecule has 4 aromatic carbocycles. The third kappa shape index (κ3) is 7.50. The average Bonchev–Trinajstić information content (AvgIpc) is 3.44. The summed E-state index contributed by atoms with van der Waals surface area (Å²) in [5, 5.41) is 9.97. The van der Waals surface area contributed by atoms with Gasteiger partial charge in [0.2, 0.25) is 5.91 Å². The van der Waals surface area contributed by atoms with Gasteiger partial charge in [0, 0.05) is 49.9 Å². The Labute approximate surface area is 263 Å². The van der Waals surface area contributed by atoms with Crippen molar-refractivity contribution in [2.24, 2.45) is 0 Å². The number of anilines is 2. The minimum absolute atomic E-state index is 0.0771. The van der Waals surface area contributed by atoms with Gasteiger partial charge in [0.05, 0.1) is 18.6 Å². The van der Waals surface area contributed by atoms with E-state index >= 15 is 0 Å². The standard InChI is InChI=1S/C34H29ClN4O4S/c1-21-15-29(31(43-2)18-27(21)35)38-32(40)20-44-25-12-8-11-24(17-25)37-34(42)30(39-33(41)22-9-4-3-5-10-22)16-23-19-36-28-14-7-6-13-26(23)28/h3-19,36H,20H2,1-2H3,(H,37,42)(H,38,40)(H,39,41)/b30-16-. The van der Waals surface area contributed by atoms with Crippen LogP contribution in [0.15, 0.2) is 108 Å². The molecule has 0 unspecified atom stereocenters. The van der Waals surface area contributed by atoms with Crippen molar-refractivity contribution >= 4 is 69.4 Å². The van der Waals surface area contributed by atoms with Crippen molar-refractivity contribution in [3.8, 4) is 5.75 Å². The predicted octanol–water partition coefficient (Wildman–Crippen LogP) is 7.28. The molecule has 10 heteroatoms. The Kier molecular flexibility index (Phi) is 9.69. The van der Waals surface area contributed by atoms with Gasteiger partial charge in [-0.2, -0.15) is 0 Å². The normalized spacial score (nSPS) is 11.2. The minimum atomic E-state index is -0.496. The Morgan fingerprint density at radius 2 is 1.70 bits per heavy atom. The van der Waals surface area contributed by atoms with Gasteiger partial charge < -0.3 is 25.7 Å². The van der Waals surface area contributed by atoms with E-state index in [1.165, 1.54) is 18.9 Å². The third-order valence-corrected chi connectivity index (χ3v) is 8.07. The highest BCUT2D eigenvalue weighted by molar-refractivity contribution is 8.00. The number of carbonyl (C=O) groups is 3. The number of fused-ring (bicyclic) bond motifs is 1. The molecule has 0 bridgehead atoms. The van der Waals surface area contributed by atoms with Crippen molar-refractivity contribution in [3.63, 3.8) is 0 Å². The fraction of sp³-hybridized carbons (Fsp3) is 0.0882. The van der Waals surface area contributed by atoms with Crippen LogP contribution in [0.2, 0.25) is 5.02 Å². The van der Waals surface area contributed by atoms with Gasteiger partial charge in [-0.1, -0.05) is 54.1 Å². The molecule has 0 saturated carbocycles. The minimum Gasteiger partial charge on any atom is -0.495 e. The summed E-state index contributed by atoms with van der Waals surface area (Å²) >= 11 is 7.48. The molecule has 222 valence electrons. The molecule has 5 aromatic rings. The number of rotatable bonds is 10. The van der Waals surface area contributed by atoms with E-state index in [1.54, 1.807) is 66.9 Å². The highest BCUT2D eigenvalue weighted by atomic mass is 35.5. The molecule has 0 aliphatic heterocycles. The maximum atomic E-state index is 13.5. The zero-order chi connectivity index (χ0) is 31.1. The van der Waals surface area contributed by atoms with Crippen LogP contribution >= 0.6 is 23.4 Å². The molecule has 8 nitrogen and oxygen atoms in total. The second-order valence-corrected chi connectivity index (χ2v) is 11.2. The van der Waals surface area contributed by atoms with Gasteiger partial charge in [0.15, 0.2) is 0 Å². The molecule has 0 aliphatic rings. The van der Waals surface area contributed by atoms with Gasteiger partial charge in [0.25, 0.3) is 11.8 Å². The van der Waals surface area contributed by atoms with Crippen LogP contribution in [0.25, 0.3) is 17.0 Å². The smallest absolute Gasteiger partial charge is 0.272 e. The lowest BCUT2D eigenvalue weighted by molar-refractivity contribution is -0.114. The van der Waals surface area contributed by atoms with E-state index in [2.05, 4.69) is 20.9 Å². The second-order valence-electron chi connectivity index (χ2n) is 9.79. The molecule has 0 radical (unpaired) electrons. The number of thioether (sulfide) groups is 1. The number of hydrogen-bond donors (Lipinski definition) is 4. The maximum absolute atomic E-state index is 13.5. The molecule has 0 saturated heterocycles.